The normalized spacial score (nSPS) is 12.1. The third-order valence-corrected chi connectivity index (χ3v) is 2.12. The summed E-state index contributed by atoms with van der Waals surface area (Å²) in [6.45, 7) is 5.81. The van der Waals surface area contributed by atoms with Crippen molar-refractivity contribution in [2.24, 2.45) is 0 Å². The Balaban J connectivity index is 3.49. The maximum Gasteiger partial charge on any atom is 0.328 e. The number of carbonyl (C=O) groups is 1. The Morgan fingerprint density at radius 2 is 2.19 bits per heavy atom. The smallest absolute Gasteiger partial charge is 0.328 e. The Bertz CT molecular complexity index is 229. The second-order valence-corrected chi connectivity index (χ2v) is 3.80. The van der Waals surface area contributed by atoms with Crippen LogP contribution in [-0.4, -0.2) is 62.9 Å². The Hall–Kier alpha value is -0.910. The highest BCUT2D eigenvalue weighted by molar-refractivity contribution is 5.80. The van der Waals surface area contributed by atoms with Crippen LogP contribution in [0.5, 0.6) is 0 Å². The zero-order valence-electron chi connectivity index (χ0n) is 10.3. The van der Waals surface area contributed by atoms with E-state index in [2.05, 4.69) is 10.2 Å². The molecule has 0 saturated heterocycles. The Morgan fingerprint density at radius 3 is 2.75 bits per heavy atom. The van der Waals surface area contributed by atoms with E-state index in [1.54, 1.807) is 14.0 Å². The minimum atomic E-state index is -0.892. The van der Waals surface area contributed by atoms with Crippen LogP contribution in [0.3, 0.4) is 0 Å². The van der Waals surface area contributed by atoms with Gasteiger partial charge in [-0.25, -0.2) is 4.79 Å². The molecule has 0 amide bonds. The molecule has 5 nitrogen and oxygen atoms in total. The third kappa shape index (κ3) is 9.64. The van der Waals surface area contributed by atoms with E-state index in [0.717, 1.165) is 31.8 Å². The standard InChI is InChI=1S/C11H22N2O3/c1-10(8-11(14)15)9-12-4-5-13(2)6-7-16-3/h8,12H,4-7,9H2,1-3H3,(H,14,15). The summed E-state index contributed by atoms with van der Waals surface area (Å²) in [5.74, 6) is -0.892. The molecular formula is C11H22N2O3. The Morgan fingerprint density at radius 1 is 1.50 bits per heavy atom. The molecule has 0 heterocycles. The number of hydrogen-bond donors (Lipinski definition) is 2. The minimum Gasteiger partial charge on any atom is -0.478 e. The van der Waals surface area contributed by atoms with Crippen molar-refractivity contribution in [1.82, 2.24) is 10.2 Å². The van der Waals surface area contributed by atoms with Gasteiger partial charge in [0.25, 0.3) is 0 Å². The van der Waals surface area contributed by atoms with Crippen molar-refractivity contribution in [3.8, 4) is 0 Å². The highest BCUT2D eigenvalue weighted by atomic mass is 16.5. The van der Waals surface area contributed by atoms with E-state index in [0.29, 0.717) is 6.54 Å². The molecule has 2 N–H and O–H groups in total. The van der Waals surface area contributed by atoms with Crippen molar-refractivity contribution in [3.63, 3.8) is 0 Å². The fourth-order valence-corrected chi connectivity index (χ4v) is 1.18. The highest BCUT2D eigenvalue weighted by Crippen LogP contribution is 1.89. The van der Waals surface area contributed by atoms with Gasteiger partial charge in [-0.1, -0.05) is 5.57 Å². The minimum absolute atomic E-state index is 0.615. The first-order chi connectivity index (χ1) is 7.56. The fourth-order valence-electron chi connectivity index (χ4n) is 1.18. The molecular weight excluding hydrogens is 208 g/mol. The summed E-state index contributed by atoms with van der Waals surface area (Å²) in [6.07, 6.45) is 1.22. The van der Waals surface area contributed by atoms with Crippen molar-refractivity contribution in [3.05, 3.63) is 11.6 Å². The monoisotopic (exact) mass is 230 g/mol. The molecule has 0 aliphatic rings. The molecule has 94 valence electrons. The summed E-state index contributed by atoms with van der Waals surface area (Å²) in [5.41, 5.74) is 0.826. The van der Waals surface area contributed by atoms with Gasteiger partial charge >= 0.3 is 5.97 Å². The molecule has 16 heavy (non-hydrogen) atoms. The number of likely N-dealkylation sites (N-methyl/N-ethyl adjacent to an activating group) is 1. The van der Waals surface area contributed by atoms with Crippen LogP contribution in [0.15, 0.2) is 11.6 Å². The third-order valence-electron chi connectivity index (χ3n) is 2.12. The maximum atomic E-state index is 10.3. The van der Waals surface area contributed by atoms with Gasteiger partial charge < -0.3 is 20.1 Å². The molecule has 0 radical (unpaired) electrons. The molecule has 0 bridgehead atoms. The lowest BCUT2D eigenvalue weighted by Crippen LogP contribution is -2.32. The quantitative estimate of drug-likeness (QED) is 0.437. The highest BCUT2D eigenvalue weighted by Gasteiger charge is 1.98. The molecule has 5 heteroatoms. The van der Waals surface area contributed by atoms with Crippen LogP contribution >= 0.6 is 0 Å². The Labute approximate surface area is 97.1 Å². The van der Waals surface area contributed by atoms with Crippen LogP contribution in [-0.2, 0) is 9.53 Å². The molecule has 0 fully saturated rings. The molecule has 0 aromatic heterocycles. The van der Waals surface area contributed by atoms with Gasteiger partial charge in [-0.05, 0) is 14.0 Å². The zero-order chi connectivity index (χ0) is 12.4. The molecule has 0 aromatic carbocycles. The van der Waals surface area contributed by atoms with Gasteiger partial charge in [0.15, 0.2) is 0 Å². The number of nitrogens with one attached hydrogen (secondary N) is 1. The van der Waals surface area contributed by atoms with E-state index in [1.807, 2.05) is 7.05 Å². The number of rotatable bonds is 9. The van der Waals surface area contributed by atoms with Crippen LogP contribution in [0, 0.1) is 0 Å². The van der Waals surface area contributed by atoms with E-state index >= 15 is 0 Å². The van der Waals surface area contributed by atoms with Gasteiger partial charge in [-0.2, -0.15) is 0 Å². The van der Waals surface area contributed by atoms with E-state index < -0.39 is 5.97 Å². The summed E-state index contributed by atoms with van der Waals surface area (Å²) in [5, 5.41) is 11.7. The van der Waals surface area contributed by atoms with Crippen molar-refractivity contribution in [2.45, 2.75) is 6.92 Å². The second-order valence-electron chi connectivity index (χ2n) is 3.80. The van der Waals surface area contributed by atoms with Crippen LogP contribution in [0.2, 0.25) is 0 Å². The molecule has 0 spiro atoms. The van der Waals surface area contributed by atoms with Gasteiger partial charge in [-0.15, -0.1) is 0 Å². The summed E-state index contributed by atoms with van der Waals surface area (Å²) >= 11 is 0. The first-order valence-electron chi connectivity index (χ1n) is 5.34. The zero-order valence-corrected chi connectivity index (χ0v) is 10.3. The largest absolute Gasteiger partial charge is 0.478 e. The molecule has 0 saturated carbocycles. The van der Waals surface area contributed by atoms with Crippen LogP contribution in [0.4, 0.5) is 0 Å². The van der Waals surface area contributed by atoms with Gasteiger partial charge in [-0.3, -0.25) is 0 Å². The van der Waals surface area contributed by atoms with Crippen molar-refractivity contribution < 1.29 is 14.6 Å². The summed E-state index contributed by atoms with van der Waals surface area (Å²) < 4.78 is 4.96. The van der Waals surface area contributed by atoms with Gasteiger partial charge in [0.1, 0.15) is 0 Å². The Kier molecular flexibility index (Phi) is 8.80. The fraction of sp³-hybridized carbons (Fsp3) is 0.727. The summed E-state index contributed by atoms with van der Waals surface area (Å²) in [6, 6.07) is 0. The van der Waals surface area contributed by atoms with Crippen molar-refractivity contribution in [2.75, 3.05) is 46.9 Å². The molecule has 0 aromatic rings. The predicted molar refractivity (Wildman–Crippen MR) is 63.6 cm³/mol. The lowest BCUT2D eigenvalue weighted by molar-refractivity contribution is -0.131. The topological polar surface area (TPSA) is 61.8 Å². The van der Waals surface area contributed by atoms with Crippen molar-refractivity contribution >= 4 is 5.97 Å². The molecule has 0 unspecified atom stereocenters. The first-order valence-corrected chi connectivity index (χ1v) is 5.34. The summed E-state index contributed by atoms with van der Waals surface area (Å²) in [7, 11) is 3.72. The maximum absolute atomic E-state index is 10.3. The number of nitrogens with zero attached hydrogens (tertiary/aromatic N) is 1. The summed E-state index contributed by atoms with van der Waals surface area (Å²) in [4.78, 5) is 12.5. The average Bonchev–Trinajstić information content (AvgIpc) is 2.20. The number of aliphatic carboxylic acids is 1. The van der Waals surface area contributed by atoms with Crippen LogP contribution in [0.1, 0.15) is 6.92 Å². The lowest BCUT2D eigenvalue weighted by Gasteiger charge is -2.16. The number of methoxy groups -OCH3 is 1. The SMILES string of the molecule is COCCN(C)CCNCC(C)=CC(=O)O. The van der Waals surface area contributed by atoms with Gasteiger partial charge in [0, 0.05) is 39.4 Å². The van der Waals surface area contributed by atoms with E-state index in [1.165, 1.54) is 6.08 Å². The van der Waals surface area contributed by atoms with Crippen LogP contribution in [0.25, 0.3) is 0 Å². The van der Waals surface area contributed by atoms with Gasteiger partial charge in [0.2, 0.25) is 0 Å². The number of carboxylic acid groups (broad SMARTS) is 1. The van der Waals surface area contributed by atoms with Crippen LogP contribution < -0.4 is 5.32 Å². The number of carboxylic acids is 1. The molecule has 0 aliphatic heterocycles. The molecule has 0 rings (SSSR count). The van der Waals surface area contributed by atoms with Gasteiger partial charge in [0.05, 0.1) is 6.61 Å². The van der Waals surface area contributed by atoms with E-state index in [4.69, 9.17) is 9.84 Å². The molecule has 0 aliphatic carbocycles. The number of ether oxygens (including phenoxy) is 1. The lowest BCUT2D eigenvalue weighted by atomic mass is 10.3. The average molecular weight is 230 g/mol. The predicted octanol–water partition coefficient (Wildman–Crippen LogP) is 0.185. The second kappa shape index (κ2) is 9.33. The van der Waals surface area contributed by atoms with E-state index in [9.17, 15) is 4.79 Å². The first kappa shape index (κ1) is 15.1. The number of hydrogen-bond acceptors (Lipinski definition) is 4. The molecule has 0 atom stereocenters. The van der Waals surface area contributed by atoms with Crippen molar-refractivity contribution in [1.29, 1.82) is 0 Å². The van der Waals surface area contributed by atoms with E-state index in [-0.39, 0.29) is 0 Å².